The Morgan fingerprint density at radius 2 is 2.10 bits per heavy atom. The number of hydrogen-bond donors (Lipinski definition) is 1. The molecule has 0 amide bonds. The van der Waals surface area contributed by atoms with Crippen LogP contribution in [-0.2, 0) is 6.54 Å². The molecule has 4 heteroatoms. The van der Waals surface area contributed by atoms with E-state index in [1.54, 1.807) is 24.5 Å². The predicted octanol–water partition coefficient (Wildman–Crippen LogP) is 3.08. The third-order valence-corrected chi connectivity index (χ3v) is 4.04. The molecule has 2 aromatic rings. The van der Waals surface area contributed by atoms with Crippen LogP contribution < -0.4 is 0 Å². The van der Waals surface area contributed by atoms with E-state index in [-0.39, 0.29) is 0 Å². The van der Waals surface area contributed by atoms with Crippen LogP contribution in [0.1, 0.15) is 25.3 Å². The van der Waals surface area contributed by atoms with E-state index in [0.717, 1.165) is 36.7 Å². The number of aromatic nitrogens is 2. The van der Waals surface area contributed by atoms with Crippen LogP contribution in [0, 0.1) is 5.92 Å². The van der Waals surface area contributed by atoms with Crippen molar-refractivity contribution in [2.45, 2.75) is 26.3 Å². The number of piperidine rings is 1. The molecule has 21 heavy (non-hydrogen) atoms. The summed E-state index contributed by atoms with van der Waals surface area (Å²) in [5.74, 6) is 1.79. The number of nitrogens with zero attached hydrogens (tertiary/aromatic N) is 3. The highest BCUT2D eigenvalue weighted by Gasteiger charge is 2.17. The van der Waals surface area contributed by atoms with E-state index in [0.29, 0.717) is 11.6 Å². The lowest BCUT2D eigenvalue weighted by molar-refractivity contribution is 0.175. The normalized spacial score (nSPS) is 19.6. The van der Waals surface area contributed by atoms with Gasteiger partial charge in [0.05, 0.1) is 0 Å². The second-order valence-corrected chi connectivity index (χ2v) is 5.90. The van der Waals surface area contributed by atoms with Crippen molar-refractivity contribution in [2.75, 3.05) is 13.1 Å². The summed E-state index contributed by atoms with van der Waals surface area (Å²) in [5, 5.41) is 10.1. The minimum atomic E-state index is 0.355. The topological polar surface area (TPSA) is 49.2 Å². The first-order chi connectivity index (χ1) is 10.2. The van der Waals surface area contributed by atoms with Crippen molar-refractivity contribution in [3.63, 3.8) is 0 Å². The van der Waals surface area contributed by atoms with Crippen molar-refractivity contribution in [2.24, 2.45) is 5.92 Å². The molecule has 110 valence electrons. The van der Waals surface area contributed by atoms with Gasteiger partial charge in [0.15, 0.2) is 5.82 Å². The Labute approximate surface area is 125 Å². The maximum atomic E-state index is 10.1. The summed E-state index contributed by atoms with van der Waals surface area (Å²) < 4.78 is 0. The number of hydrogen-bond acceptors (Lipinski definition) is 4. The monoisotopic (exact) mass is 283 g/mol. The van der Waals surface area contributed by atoms with Crippen molar-refractivity contribution < 1.29 is 5.11 Å². The number of rotatable bonds is 3. The molecule has 1 fully saturated rings. The fourth-order valence-electron chi connectivity index (χ4n) is 2.97. The Balaban J connectivity index is 1.81. The summed E-state index contributed by atoms with van der Waals surface area (Å²) >= 11 is 0. The van der Waals surface area contributed by atoms with Crippen molar-refractivity contribution in [1.82, 2.24) is 14.9 Å². The zero-order valence-electron chi connectivity index (χ0n) is 12.4. The van der Waals surface area contributed by atoms with Crippen molar-refractivity contribution in [1.29, 1.82) is 0 Å². The van der Waals surface area contributed by atoms with E-state index >= 15 is 0 Å². The number of benzene rings is 1. The predicted molar refractivity (Wildman–Crippen MR) is 82.8 cm³/mol. The Kier molecular flexibility index (Phi) is 4.15. The minimum absolute atomic E-state index is 0.355. The lowest BCUT2D eigenvalue weighted by Crippen LogP contribution is -2.33. The van der Waals surface area contributed by atoms with Crippen LogP contribution in [0.5, 0.6) is 5.75 Å². The zero-order chi connectivity index (χ0) is 14.7. The lowest BCUT2D eigenvalue weighted by Gasteiger charge is -2.31. The van der Waals surface area contributed by atoms with Gasteiger partial charge in [-0.1, -0.05) is 6.92 Å². The summed E-state index contributed by atoms with van der Waals surface area (Å²) in [4.78, 5) is 11.0. The van der Waals surface area contributed by atoms with Gasteiger partial charge in [0, 0.05) is 36.6 Å². The second kappa shape index (κ2) is 6.22. The molecule has 3 rings (SSSR count). The van der Waals surface area contributed by atoms with E-state index in [2.05, 4.69) is 21.8 Å². The van der Waals surface area contributed by atoms with Crippen LogP contribution in [-0.4, -0.2) is 33.1 Å². The molecule has 1 N–H and O–H groups in total. The lowest BCUT2D eigenvalue weighted by atomic mass is 9.99. The summed E-state index contributed by atoms with van der Waals surface area (Å²) in [6.45, 7) is 5.29. The van der Waals surface area contributed by atoms with E-state index in [4.69, 9.17) is 0 Å². The second-order valence-electron chi connectivity index (χ2n) is 5.90. The molecule has 1 aliphatic rings. The molecule has 0 aliphatic carbocycles. The Morgan fingerprint density at radius 1 is 1.29 bits per heavy atom. The molecule has 0 spiro atoms. The quantitative estimate of drug-likeness (QED) is 0.940. The maximum Gasteiger partial charge on any atom is 0.159 e. The van der Waals surface area contributed by atoms with Gasteiger partial charge in [-0.15, -0.1) is 0 Å². The minimum Gasteiger partial charge on any atom is -0.508 e. The number of phenolic OH excluding ortho intramolecular Hbond substituents is 1. The van der Waals surface area contributed by atoms with Gasteiger partial charge in [0.1, 0.15) is 5.75 Å². The number of likely N-dealkylation sites (tertiary alicyclic amines) is 1. The van der Waals surface area contributed by atoms with Gasteiger partial charge < -0.3 is 5.11 Å². The van der Waals surface area contributed by atoms with E-state index in [9.17, 15) is 5.11 Å². The third-order valence-electron chi connectivity index (χ3n) is 4.04. The van der Waals surface area contributed by atoms with Crippen LogP contribution in [0.15, 0.2) is 36.7 Å². The van der Waals surface area contributed by atoms with Crippen molar-refractivity contribution in [3.8, 4) is 17.1 Å². The van der Waals surface area contributed by atoms with Gasteiger partial charge >= 0.3 is 0 Å². The molecule has 1 aromatic carbocycles. The average Bonchev–Trinajstić information content (AvgIpc) is 2.50. The van der Waals surface area contributed by atoms with Gasteiger partial charge in [-0.25, -0.2) is 9.97 Å². The van der Waals surface area contributed by atoms with Crippen LogP contribution >= 0.6 is 0 Å². The van der Waals surface area contributed by atoms with E-state index in [1.165, 1.54) is 12.8 Å². The first kappa shape index (κ1) is 14.0. The SMILES string of the molecule is C[C@H]1CCCN(Cc2cc(-c3ncccn3)ccc2O)C1. The van der Waals surface area contributed by atoms with Gasteiger partial charge in [-0.2, -0.15) is 0 Å². The Bertz CT molecular complexity index is 600. The fourth-order valence-corrected chi connectivity index (χ4v) is 2.97. The molecule has 0 bridgehead atoms. The molecule has 0 saturated carbocycles. The summed E-state index contributed by atoms with van der Waals surface area (Å²) in [6, 6.07) is 7.42. The molecular formula is C17H21N3O. The number of phenols is 1. The highest BCUT2D eigenvalue weighted by atomic mass is 16.3. The third kappa shape index (κ3) is 3.39. The van der Waals surface area contributed by atoms with E-state index < -0.39 is 0 Å². The molecule has 1 aliphatic heterocycles. The Hall–Kier alpha value is -1.94. The van der Waals surface area contributed by atoms with Crippen LogP contribution in [0.25, 0.3) is 11.4 Å². The van der Waals surface area contributed by atoms with Crippen molar-refractivity contribution in [3.05, 3.63) is 42.2 Å². The standard InChI is InChI=1S/C17H21N3O/c1-13-4-2-9-20(11-13)12-15-10-14(5-6-16(15)21)17-18-7-3-8-19-17/h3,5-8,10,13,21H,2,4,9,11-12H2,1H3/t13-/m0/s1. The molecule has 2 heterocycles. The number of aromatic hydroxyl groups is 1. The average molecular weight is 283 g/mol. The highest BCUT2D eigenvalue weighted by Crippen LogP contribution is 2.26. The van der Waals surface area contributed by atoms with Gasteiger partial charge in [0.25, 0.3) is 0 Å². The van der Waals surface area contributed by atoms with Crippen molar-refractivity contribution >= 4 is 0 Å². The molecule has 0 unspecified atom stereocenters. The van der Waals surface area contributed by atoms with Crippen LogP contribution in [0.4, 0.5) is 0 Å². The fraction of sp³-hybridized carbons (Fsp3) is 0.412. The maximum absolute atomic E-state index is 10.1. The van der Waals surface area contributed by atoms with Gasteiger partial charge in [-0.05, 0) is 49.6 Å². The summed E-state index contributed by atoms with van der Waals surface area (Å²) in [7, 11) is 0. The van der Waals surface area contributed by atoms with Crippen LogP contribution in [0.3, 0.4) is 0 Å². The molecule has 1 aromatic heterocycles. The molecule has 4 nitrogen and oxygen atoms in total. The molecule has 1 atom stereocenters. The first-order valence-electron chi connectivity index (χ1n) is 7.54. The summed E-state index contributed by atoms with van der Waals surface area (Å²) in [6.07, 6.45) is 6.02. The van der Waals surface area contributed by atoms with Gasteiger partial charge in [-0.3, -0.25) is 4.90 Å². The summed E-state index contributed by atoms with van der Waals surface area (Å²) in [5.41, 5.74) is 1.91. The Morgan fingerprint density at radius 3 is 2.86 bits per heavy atom. The molecule has 1 saturated heterocycles. The largest absolute Gasteiger partial charge is 0.508 e. The van der Waals surface area contributed by atoms with Gasteiger partial charge in [0.2, 0.25) is 0 Å². The smallest absolute Gasteiger partial charge is 0.159 e. The highest BCUT2D eigenvalue weighted by molar-refractivity contribution is 5.58. The van der Waals surface area contributed by atoms with Crippen LogP contribution in [0.2, 0.25) is 0 Å². The molecule has 0 radical (unpaired) electrons. The first-order valence-corrected chi connectivity index (χ1v) is 7.54. The molecular weight excluding hydrogens is 262 g/mol. The van der Waals surface area contributed by atoms with E-state index in [1.807, 2.05) is 12.1 Å². The zero-order valence-corrected chi connectivity index (χ0v) is 12.4.